The Labute approximate surface area is 191 Å². The van der Waals surface area contributed by atoms with Crippen molar-refractivity contribution in [2.45, 2.75) is 30.8 Å². The lowest BCUT2D eigenvalue weighted by Crippen LogP contribution is -2.43. The van der Waals surface area contributed by atoms with Crippen LogP contribution >= 0.6 is 11.6 Å². The van der Waals surface area contributed by atoms with Crippen molar-refractivity contribution >= 4 is 33.3 Å². The van der Waals surface area contributed by atoms with Crippen molar-refractivity contribution in [2.24, 2.45) is 0 Å². The average molecular weight is 473 g/mol. The molecule has 1 N–H and O–H groups in total. The fourth-order valence-electron chi connectivity index (χ4n) is 3.61. The monoisotopic (exact) mass is 472 g/mol. The number of hydrogen-bond donors (Lipinski definition) is 1. The molecule has 1 aliphatic heterocycles. The van der Waals surface area contributed by atoms with Crippen LogP contribution in [0.25, 0.3) is 11.3 Å². The van der Waals surface area contributed by atoms with Gasteiger partial charge in [0.25, 0.3) is 10.0 Å². The first kappa shape index (κ1) is 22.1. The molecule has 1 atom stereocenters. The molecule has 0 unspecified atom stereocenters. The van der Waals surface area contributed by atoms with Gasteiger partial charge in [0.15, 0.2) is 0 Å². The van der Waals surface area contributed by atoms with E-state index in [-0.39, 0.29) is 24.3 Å². The second kappa shape index (κ2) is 8.80. The van der Waals surface area contributed by atoms with Gasteiger partial charge >= 0.3 is 5.97 Å². The van der Waals surface area contributed by atoms with Crippen LogP contribution in [0.5, 0.6) is 5.75 Å². The van der Waals surface area contributed by atoms with Crippen LogP contribution < -0.4 is 9.04 Å². The molecule has 0 bridgehead atoms. The van der Waals surface area contributed by atoms with Gasteiger partial charge in [0.1, 0.15) is 17.0 Å². The van der Waals surface area contributed by atoms with Crippen molar-refractivity contribution in [3.8, 4) is 17.0 Å². The Morgan fingerprint density at radius 1 is 1.19 bits per heavy atom. The number of carboxylic acids is 1. The van der Waals surface area contributed by atoms with Gasteiger partial charge in [0, 0.05) is 12.0 Å². The first-order valence-corrected chi connectivity index (χ1v) is 11.8. The van der Waals surface area contributed by atoms with Crippen molar-refractivity contribution in [1.29, 1.82) is 0 Å². The van der Waals surface area contributed by atoms with E-state index in [0.29, 0.717) is 27.8 Å². The number of pyridine rings is 1. The van der Waals surface area contributed by atoms with Crippen LogP contribution in [-0.4, -0.2) is 37.1 Å². The number of carboxylic acid groups (broad SMARTS) is 1. The lowest BCUT2D eigenvalue weighted by molar-refractivity contribution is -0.137. The van der Waals surface area contributed by atoms with Gasteiger partial charge in [0.05, 0.1) is 22.8 Å². The summed E-state index contributed by atoms with van der Waals surface area (Å²) >= 11 is 6.02. The summed E-state index contributed by atoms with van der Waals surface area (Å²) in [6.45, 7) is 1.83. The van der Waals surface area contributed by atoms with Crippen LogP contribution in [0.15, 0.2) is 65.6 Å². The van der Waals surface area contributed by atoms with Gasteiger partial charge in [-0.3, -0.25) is 9.10 Å². The summed E-state index contributed by atoms with van der Waals surface area (Å²) in [5.41, 5.74) is 2.47. The van der Waals surface area contributed by atoms with Crippen molar-refractivity contribution in [3.05, 3.63) is 71.4 Å². The van der Waals surface area contributed by atoms with E-state index in [9.17, 15) is 13.2 Å². The quantitative estimate of drug-likeness (QED) is 0.529. The number of anilines is 1. The molecule has 32 heavy (non-hydrogen) atoms. The molecule has 7 nitrogen and oxygen atoms in total. The minimum absolute atomic E-state index is 0.00296. The number of aromatic nitrogens is 1. The first-order valence-electron chi connectivity index (χ1n) is 9.99. The number of aryl methyl sites for hydroxylation is 1. The molecule has 2 heterocycles. The molecule has 0 fully saturated rings. The first-order chi connectivity index (χ1) is 15.2. The number of halogens is 1. The molecule has 1 aliphatic rings. The highest BCUT2D eigenvalue weighted by Crippen LogP contribution is 2.40. The second-order valence-corrected chi connectivity index (χ2v) is 9.80. The predicted molar refractivity (Wildman–Crippen MR) is 122 cm³/mol. The topological polar surface area (TPSA) is 96.8 Å². The Balaban J connectivity index is 1.80. The number of benzene rings is 2. The van der Waals surface area contributed by atoms with E-state index in [1.165, 1.54) is 4.31 Å². The van der Waals surface area contributed by atoms with Crippen molar-refractivity contribution < 1.29 is 23.1 Å². The van der Waals surface area contributed by atoms with Crippen LogP contribution in [0.3, 0.4) is 0 Å². The highest BCUT2D eigenvalue weighted by molar-refractivity contribution is 7.92. The van der Waals surface area contributed by atoms with E-state index in [1.54, 1.807) is 54.6 Å². The molecule has 0 saturated heterocycles. The predicted octanol–water partition coefficient (Wildman–Crippen LogP) is 4.53. The van der Waals surface area contributed by atoms with E-state index in [0.717, 1.165) is 5.56 Å². The fraction of sp³-hybridized carbons (Fsp3) is 0.217. The van der Waals surface area contributed by atoms with Gasteiger partial charge in [-0.25, -0.2) is 13.4 Å². The summed E-state index contributed by atoms with van der Waals surface area (Å²) in [5, 5.41) is 9.38. The van der Waals surface area contributed by atoms with Gasteiger partial charge in [-0.1, -0.05) is 29.8 Å². The van der Waals surface area contributed by atoms with Gasteiger partial charge in [-0.15, -0.1) is 0 Å². The van der Waals surface area contributed by atoms with E-state index < -0.39 is 22.1 Å². The standard InChI is InChI=1S/C23H21ClN2O5S/c1-15-4-2-5-18(12-15)32(29,30)26-14-17(9-11-23(27)28)31-21-10-8-16(13-20(21)26)19-6-3-7-22(24)25-19/h2-8,10,12-13,17H,9,11,14H2,1H3,(H,27,28)/t17-/m0/s1. The molecule has 0 amide bonds. The van der Waals surface area contributed by atoms with E-state index in [2.05, 4.69) is 4.98 Å². The third-order valence-electron chi connectivity index (χ3n) is 5.16. The number of carbonyl (C=O) groups is 1. The number of aliphatic carboxylic acids is 1. The number of nitrogens with zero attached hydrogens (tertiary/aromatic N) is 2. The normalized spacial score (nSPS) is 15.7. The molecular formula is C23H21ClN2O5S. The number of hydrogen-bond acceptors (Lipinski definition) is 5. The Morgan fingerprint density at radius 3 is 2.69 bits per heavy atom. The van der Waals surface area contributed by atoms with E-state index in [4.69, 9.17) is 21.4 Å². The summed E-state index contributed by atoms with van der Waals surface area (Å²) in [5.74, 6) is -0.594. The number of sulfonamides is 1. The molecule has 4 rings (SSSR count). The van der Waals surface area contributed by atoms with E-state index in [1.807, 2.05) is 13.0 Å². The lowest BCUT2D eigenvalue weighted by Gasteiger charge is -2.35. The van der Waals surface area contributed by atoms with Crippen molar-refractivity contribution in [3.63, 3.8) is 0 Å². The van der Waals surface area contributed by atoms with Gasteiger partial charge in [0.2, 0.25) is 0 Å². The zero-order valence-electron chi connectivity index (χ0n) is 17.2. The number of ether oxygens (including phenoxy) is 1. The van der Waals surface area contributed by atoms with Crippen LogP contribution in [0.1, 0.15) is 18.4 Å². The third kappa shape index (κ3) is 4.56. The molecule has 0 radical (unpaired) electrons. The summed E-state index contributed by atoms with van der Waals surface area (Å²) in [7, 11) is -3.92. The Morgan fingerprint density at radius 2 is 1.97 bits per heavy atom. The average Bonchev–Trinajstić information content (AvgIpc) is 2.76. The molecule has 0 saturated carbocycles. The van der Waals surface area contributed by atoms with E-state index >= 15 is 0 Å². The van der Waals surface area contributed by atoms with Crippen molar-refractivity contribution in [2.75, 3.05) is 10.8 Å². The maximum atomic E-state index is 13.6. The third-order valence-corrected chi connectivity index (χ3v) is 7.15. The highest BCUT2D eigenvalue weighted by atomic mass is 35.5. The number of rotatable bonds is 6. The van der Waals surface area contributed by atoms with Gasteiger partial charge in [-0.05, 0) is 61.4 Å². The van der Waals surface area contributed by atoms with Crippen LogP contribution in [0.2, 0.25) is 5.15 Å². The molecule has 9 heteroatoms. The summed E-state index contributed by atoms with van der Waals surface area (Å²) in [6.07, 6.45) is -0.525. The Kier molecular flexibility index (Phi) is 6.08. The summed E-state index contributed by atoms with van der Waals surface area (Å²) < 4.78 is 34.5. The van der Waals surface area contributed by atoms with Crippen LogP contribution in [-0.2, 0) is 14.8 Å². The molecule has 0 aliphatic carbocycles. The summed E-state index contributed by atoms with van der Waals surface area (Å²) in [4.78, 5) is 15.5. The molecule has 166 valence electrons. The van der Waals surface area contributed by atoms with Gasteiger partial charge in [-0.2, -0.15) is 0 Å². The molecule has 1 aromatic heterocycles. The molecule has 2 aromatic carbocycles. The second-order valence-electron chi connectivity index (χ2n) is 7.55. The zero-order valence-corrected chi connectivity index (χ0v) is 18.8. The Bertz CT molecular complexity index is 1280. The molecular weight excluding hydrogens is 452 g/mol. The largest absolute Gasteiger partial charge is 0.486 e. The highest BCUT2D eigenvalue weighted by Gasteiger charge is 2.35. The lowest BCUT2D eigenvalue weighted by atomic mass is 10.1. The van der Waals surface area contributed by atoms with Crippen LogP contribution in [0, 0.1) is 6.92 Å². The minimum Gasteiger partial charge on any atom is -0.486 e. The smallest absolute Gasteiger partial charge is 0.303 e. The zero-order chi connectivity index (χ0) is 22.9. The van der Waals surface area contributed by atoms with Crippen molar-refractivity contribution in [1.82, 2.24) is 4.98 Å². The fourth-order valence-corrected chi connectivity index (χ4v) is 5.37. The number of fused-ring (bicyclic) bond motifs is 1. The SMILES string of the molecule is Cc1cccc(S(=O)(=O)N2C[C@H](CCC(=O)O)Oc3ccc(-c4cccc(Cl)n4)cc32)c1. The molecule has 0 spiro atoms. The molecule has 3 aromatic rings. The maximum Gasteiger partial charge on any atom is 0.303 e. The van der Waals surface area contributed by atoms with Crippen LogP contribution in [0.4, 0.5) is 5.69 Å². The maximum absolute atomic E-state index is 13.6. The minimum atomic E-state index is -3.92. The van der Waals surface area contributed by atoms with Gasteiger partial charge < -0.3 is 9.84 Å². The Hall–Kier alpha value is -3.10. The summed E-state index contributed by atoms with van der Waals surface area (Å²) in [6, 6.07) is 17.0.